The first-order chi connectivity index (χ1) is 10.3. The number of hydrogen-bond donors (Lipinski definition) is 2. The fourth-order valence-electron chi connectivity index (χ4n) is 1.80. The van der Waals surface area contributed by atoms with Gasteiger partial charge in [-0.2, -0.15) is 13.2 Å². The molecule has 1 heterocycles. The number of hydrazine groups is 1. The van der Waals surface area contributed by atoms with E-state index in [-0.39, 0.29) is 42.1 Å². The molecule has 0 saturated carbocycles. The predicted octanol–water partition coefficient (Wildman–Crippen LogP) is 2.12. The van der Waals surface area contributed by atoms with Crippen LogP contribution in [-0.2, 0) is 11.0 Å². The fraction of sp³-hybridized carbons (Fsp3) is 0.429. The SMILES string of the molecule is CC(C)COc1ccc(C2=NCC(=O)NN2)cc1C(F)(F)F. The second kappa shape index (κ2) is 6.25. The topological polar surface area (TPSA) is 62.7 Å². The van der Waals surface area contributed by atoms with Crippen LogP contribution in [-0.4, -0.2) is 24.9 Å². The number of halogens is 3. The van der Waals surface area contributed by atoms with Gasteiger partial charge in [0.05, 0.1) is 12.2 Å². The van der Waals surface area contributed by atoms with Crippen LogP contribution in [0.5, 0.6) is 5.75 Å². The maximum Gasteiger partial charge on any atom is 0.419 e. The molecule has 0 atom stereocenters. The van der Waals surface area contributed by atoms with Crippen LogP contribution in [0, 0.1) is 5.92 Å². The van der Waals surface area contributed by atoms with Crippen LogP contribution >= 0.6 is 0 Å². The number of amidine groups is 1. The van der Waals surface area contributed by atoms with Gasteiger partial charge in [-0.3, -0.25) is 20.6 Å². The summed E-state index contributed by atoms with van der Waals surface area (Å²) in [5, 5.41) is 0. The molecule has 22 heavy (non-hydrogen) atoms. The highest BCUT2D eigenvalue weighted by atomic mass is 19.4. The summed E-state index contributed by atoms with van der Waals surface area (Å²) in [6, 6.07) is 3.69. The number of amides is 1. The average molecular weight is 315 g/mol. The van der Waals surface area contributed by atoms with E-state index in [0.29, 0.717) is 0 Å². The molecule has 0 saturated heterocycles. The molecule has 1 aromatic rings. The van der Waals surface area contributed by atoms with E-state index < -0.39 is 11.7 Å². The van der Waals surface area contributed by atoms with E-state index in [1.54, 1.807) is 0 Å². The van der Waals surface area contributed by atoms with Crippen molar-refractivity contribution in [1.82, 2.24) is 10.9 Å². The van der Waals surface area contributed by atoms with Crippen LogP contribution in [0.3, 0.4) is 0 Å². The van der Waals surface area contributed by atoms with E-state index in [2.05, 4.69) is 15.8 Å². The molecule has 1 amide bonds. The Morgan fingerprint density at radius 1 is 1.32 bits per heavy atom. The standard InChI is InChI=1S/C14H16F3N3O2/c1-8(2)7-22-11-4-3-9(5-10(11)14(15,16)17)13-18-6-12(21)19-20-13/h3-5,8H,6-7H2,1-2H3,(H,18,20)(H,19,21). The van der Waals surface area contributed by atoms with Crippen molar-refractivity contribution >= 4 is 11.7 Å². The van der Waals surface area contributed by atoms with Crippen LogP contribution < -0.4 is 15.6 Å². The Bertz CT molecular complexity index is 597. The summed E-state index contributed by atoms with van der Waals surface area (Å²) in [7, 11) is 0. The number of carbonyl (C=O) groups is 1. The third-order valence-corrected chi connectivity index (χ3v) is 2.83. The zero-order chi connectivity index (χ0) is 16.3. The molecule has 120 valence electrons. The minimum Gasteiger partial charge on any atom is -0.493 e. The van der Waals surface area contributed by atoms with E-state index in [9.17, 15) is 18.0 Å². The smallest absolute Gasteiger partial charge is 0.419 e. The van der Waals surface area contributed by atoms with Crippen LogP contribution in [0.15, 0.2) is 23.2 Å². The van der Waals surface area contributed by atoms with Crippen molar-refractivity contribution in [2.75, 3.05) is 13.2 Å². The van der Waals surface area contributed by atoms with Crippen molar-refractivity contribution in [2.45, 2.75) is 20.0 Å². The molecular weight excluding hydrogens is 299 g/mol. The summed E-state index contributed by atoms with van der Waals surface area (Å²) < 4.78 is 44.8. The summed E-state index contributed by atoms with van der Waals surface area (Å²) in [5.41, 5.74) is 4.14. The molecule has 0 unspecified atom stereocenters. The van der Waals surface area contributed by atoms with E-state index >= 15 is 0 Å². The van der Waals surface area contributed by atoms with Crippen LogP contribution in [0.2, 0.25) is 0 Å². The first-order valence-electron chi connectivity index (χ1n) is 6.71. The quantitative estimate of drug-likeness (QED) is 0.894. The molecule has 0 fully saturated rings. The lowest BCUT2D eigenvalue weighted by Gasteiger charge is -2.19. The van der Waals surface area contributed by atoms with E-state index in [0.717, 1.165) is 6.07 Å². The molecule has 0 aromatic heterocycles. The van der Waals surface area contributed by atoms with Gasteiger partial charge in [0, 0.05) is 5.56 Å². The number of benzene rings is 1. The van der Waals surface area contributed by atoms with Gasteiger partial charge in [0.2, 0.25) is 0 Å². The summed E-state index contributed by atoms with van der Waals surface area (Å²) in [6.45, 7) is 3.77. The number of ether oxygens (including phenoxy) is 1. The second-order valence-electron chi connectivity index (χ2n) is 5.25. The Labute approximate surface area is 125 Å². The number of rotatable bonds is 4. The Hall–Kier alpha value is -2.25. The van der Waals surface area contributed by atoms with E-state index in [1.165, 1.54) is 12.1 Å². The molecule has 1 aliphatic heterocycles. The lowest BCUT2D eigenvalue weighted by Crippen LogP contribution is -2.47. The fourth-order valence-corrected chi connectivity index (χ4v) is 1.80. The maximum absolute atomic E-state index is 13.2. The first-order valence-corrected chi connectivity index (χ1v) is 6.71. The zero-order valence-electron chi connectivity index (χ0n) is 12.1. The third kappa shape index (κ3) is 3.90. The second-order valence-corrected chi connectivity index (χ2v) is 5.25. The van der Waals surface area contributed by atoms with Gasteiger partial charge in [-0.25, -0.2) is 0 Å². The van der Waals surface area contributed by atoms with Gasteiger partial charge in [-0.15, -0.1) is 0 Å². The lowest BCUT2D eigenvalue weighted by atomic mass is 10.1. The Balaban J connectivity index is 2.33. The molecule has 8 heteroatoms. The van der Waals surface area contributed by atoms with Crippen molar-refractivity contribution < 1.29 is 22.7 Å². The minimum absolute atomic E-state index is 0.111. The Morgan fingerprint density at radius 2 is 2.05 bits per heavy atom. The van der Waals surface area contributed by atoms with Gasteiger partial charge in [0.1, 0.15) is 18.1 Å². The Morgan fingerprint density at radius 3 is 2.59 bits per heavy atom. The average Bonchev–Trinajstić information content (AvgIpc) is 2.45. The first kappa shape index (κ1) is 16.1. The molecule has 0 bridgehead atoms. The molecule has 5 nitrogen and oxygen atoms in total. The lowest BCUT2D eigenvalue weighted by molar-refractivity contribution is -0.139. The number of carbonyl (C=O) groups excluding carboxylic acids is 1. The molecule has 0 aliphatic carbocycles. The predicted molar refractivity (Wildman–Crippen MR) is 74.5 cm³/mol. The number of aliphatic imine (C=N–C) groups is 1. The molecule has 2 rings (SSSR count). The summed E-state index contributed by atoms with van der Waals surface area (Å²) >= 11 is 0. The van der Waals surface area contributed by atoms with Crippen molar-refractivity contribution in [1.29, 1.82) is 0 Å². The largest absolute Gasteiger partial charge is 0.493 e. The summed E-state index contributed by atoms with van der Waals surface area (Å²) in [4.78, 5) is 14.9. The van der Waals surface area contributed by atoms with Crippen molar-refractivity contribution in [3.8, 4) is 5.75 Å². The van der Waals surface area contributed by atoms with Gasteiger partial charge in [0.25, 0.3) is 5.91 Å². The third-order valence-electron chi connectivity index (χ3n) is 2.83. The van der Waals surface area contributed by atoms with Gasteiger partial charge in [-0.1, -0.05) is 13.8 Å². The number of alkyl halides is 3. The minimum atomic E-state index is -4.54. The summed E-state index contributed by atoms with van der Waals surface area (Å²) in [6.07, 6.45) is -4.54. The van der Waals surface area contributed by atoms with Crippen LogP contribution in [0.25, 0.3) is 0 Å². The number of nitrogens with one attached hydrogen (secondary N) is 2. The van der Waals surface area contributed by atoms with Gasteiger partial charge in [-0.05, 0) is 24.1 Å². The van der Waals surface area contributed by atoms with Gasteiger partial charge < -0.3 is 4.74 Å². The number of hydrogen-bond acceptors (Lipinski definition) is 4. The number of nitrogens with zero attached hydrogens (tertiary/aromatic N) is 1. The molecule has 1 aliphatic rings. The normalized spacial score (nSPS) is 15.2. The van der Waals surface area contributed by atoms with Crippen molar-refractivity contribution in [3.05, 3.63) is 29.3 Å². The highest BCUT2D eigenvalue weighted by Crippen LogP contribution is 2.37. The van der Waals surface area contributed by atoms with Gasteiger partial charge in [0.15, 0.2) is 0 Å². The van der Waals surface area contributed by atoms with E-state index in [4.69, 9.17) is 4.74 Å². The van der Waals surface area contributed by atoms with Crippen molar-refractivity contribution in [3.63, 3.8) is 0 Å². The molecule has 0 spiro atoms. The van der Waals surface area contributed by atoms with Crippen LogP contribution in [0.4, 0.5) is 13.2 Å². The highest BCUT2D eigenvalue weighted by molar-refractivity contribution is 6.02. The maximum atomic E-state index is 13.2. The summed E-state index contributed by atoms with van der Waals surface area (Å²) in [5.74, 6) is -0.275. The molecule has 2 N–H and O–H groups in total. The molecule has 0 radical (unpaired) electrons. The van der Waals surface area contributed by atoms with E-state index in [1.807, 2.05) is 13.8 Å². The highest BCUT2D eigenvalue weighted by Gasteiger charge is 2.35. The molecule has 1 aromatic carbocycles. The van der Waals surface area contributed by atoms with Gasteiger partial charge >= 0.3 is 6.18 Å². The van der Waals surface area contributed by atoms with Crippen molar-refractivity contribution in [2.24, 2.45) is 10.9 Å². The molecular formula is C14H16F3N3O2. The zero-order valence-corrected chi connectivity index (χ0v) is 12.1. The van der Waals surface area contributed by atoms with Crippen LogP contribution in [0.1, 0.15) is 25.0 Å². The monoisotopic (exact) mass is 315 g/mol. The Kier molecular flexibility index (Phi) is 4.58.